The number of rotatable bonds is 12. The summed E-state index contributed by atoms with van der Waals surface area (Å²) in [6.07, 6.45) is 2.77. The summed E-state index contributed by atoms with van der Waals surface area (Å²) in [5, 5.41) is 8.95. The fourth-order valence-corrected chi connectivity index (χ4v) is 4.87. The van der Waals surface area contributed by atoms with Crippen LogP contribution in [0.1, 0.15) is 109 Å². The van der Waals surface area contributed by atoms with Gasteiger partial charge in [0.25, 0.3) is 0 Å². The van der Waals surface area contributed by atoms with E-state index in [1.807, 2.05) is 27.7 Å². The topological polar surface area (TPSA) is 111 Å². The lowest BCUT2D eigenvalue weighted by molar-refractivity contribution is -0.142. The highest BCUT2D eigenvalue weighted by Gasteiger charge is 2.42. The molecule has 1 heterocycles. The number of likely N-dealkylation sites (tertiary alicyclic amines) is 1. The van der Waals surface area contributed by atoms with Gasteiger partial charge >= 0.3 is 6.03 Å². The van der Waals surface area contributed by atoms with Gasteiger partial charge in [0.2, 0.25) is 11.8 Å². The van der Waals surface area contributed by atoms with Gasteiger partial charge in [0.1, 0.15) is 12.1 Å². The van der Waals surface area contributed by atoms with Crippen molar-refractivity contribution < 1.29 is 19.2 Å². The second-order valence-corrected chi connectivity index (χ2v) is 14.8. The molecule has 9 nitrogen and oxygen atoms in total. The number of amides is 4. The summed E-state index contributed by atoms with van der Waals surface area (Å²) in [5.74, 6) is -0.692. The summed E-state index contributed by atoms with van der Waals surface area (Å²) in [7, 11) is 0. The van der Waals surface area contributed by atoms with Gasteiger partial charge in [-0.1, -0.05) is 76.2 Å². The minimum absolute atomic E-state index is 0.105. The van der Waals surface area contributed by atoms with Crippen LogP contribution in [0.15, 0.2) is 0 Å². The van der Waals surface area contributed by atoms with Crippen molar-refractivity contribution in [1.29, 1.82) is 0 Å². The maximum absolute atomic E-state index is 13.8. The van der Waals surface area contributed by atoms with E-state index in [0.29, 0.717) is 32.4 Å². The van der Waals surface area contributed by atoms with Crippen LogP contribution in [-0.4, -0.2) is 83.8 Å². The van der Waals surface area contributed by atoms with Crippen molar-refractivity contribution in [2.24, 2.45) is 16.2 Å². The van der Waals surface area contributed by atoms with E-state index in [4.69, 9.17) is 0 Å². The van der Waals surface area contributed by atoms with Crippen LogP contribution in [0.5, 0.6) is 0 Å². The predicted molar refractivity (Wildman–Crippen MR) is 162 cm³/mol. The first kappa shape index (κ1) is 35.9. The van der Waals surface area contributed by atoms with Gasteiger partial charge in [-0.25, -0.2) is 4.79 Å². The fraction of sp³-hybridized carbons (Fsp3) is 0.871. The first-order chi connectivity index (χ1) is 18.2. The van der Waals surface area contributed by atoms with E-state index in [2.05, 4.69) is 69.3 Å². The fourth-order valence-electron chi connectivity index (χ4n) is 4.87. The van der Waals surface area contributed by atoms with E-state index in [9.17, 15) is 19.2 Å². The standard InChI is InChI=1S/C31H59N5O4/c1-13-22(21(3)37)32-26(38)23-16-15-18-36(23)27(39)25(31(10,11)12)34-28(40)33-24(30(7,8)9)20-35(14-2)19-17-29(4,5)6/h22-25H,13-20H2,1-12H3,(H,32,38)(H2,33,34,40). The third-order valence-electron chi connectivity index (χ3n) is 7.86. The number of Topliss-reactive ketones (excluding diaryl/α,β-unsaturated/α-hetero) is 1. The van der Waals surface area contributed by atoms with Gasteiger partial charge in [0, 0.05) is 19.1 Å². The number of likely N-dealkylation sites (N-methyl/N-ethyl adjacent to an activating group) is 1. The molecular weight excluding hydrogens is 506 g/mol. The van der Waals surface area contributed by atoms with Gasteiger partial charge in [-0.15, -0.1) is 0 Å². The van der Waals surface area contributed by atoms with Crippen LogP contribution < -0.4 is 16.0 Å². The third kappa shape index (κ3) is 11.4. The SMILES string of the molecule is CCC(NC(=O)C1CCCN1C(=O)C(NC(=O)NC(CN(CC)CCC(C)(C)C)C(C)(C)C)C(C)(C)C)C(C)=O. The molecule has 1 fully saturated rings. The third-order valence-corrected chi connectivity index (χ3v) is 7.86. The number of ketones is 1. The smallest absolute Gasteiger partial charge is 0.315 e. The van der Waals surface area contributed by atoms with Crippen LogP contribution in [0.25, 0.3) is 0 Å². The number of carbonyl (C=O) groups is 4. The minimum atomic E-state index is -0.820. The van der Waals surface area contributed by atoms with Gasteiger partial charge in [0.15, 0.2) is 5.78 Å². The van der Waals surface area contributed by atoms with Crippen molar-refractivity contribution in [3.63, 3.8) is 0 Å². The highest BCUT2D eigenvalue weighted by Crippen LogP contribution is 2.27. The summed E-state index contributed by atoms with van der Waals surface area (Å²) in [6, 6.07) is -2.56. The average Bonchev–Trinajstić information content (AvgIpc) is 3.30. The number of nitrogens with one attached hydrogen (secondary N) is 3. The Bertz CT molecular complexity index is 868. The Kier molecular flexibility index (Phi) is 13.1. The highest BCUT2D eigenvalue weighted by atomic mass is 16.2. The molecule has 0 aliphatic carbocycles. The predicted octanol–water partition coefficient (Wildman–Crippen LogP) is 4.35. The molecule has 1 saturated heterocycles. The molecule has 9 heteroatoms. The van der Waals surface area contributed by atoms with Gasteiger partial charge in [-0.2, -0.15) is 0 Å². The zero-order valence-corrected chi connectivity index (χ0v) is 27.5. The van der Waals surface area contributed by atoms with Crippen LogP contribution in [0.2, 0.25) is 0 Å². The van der Waals surface area contributed by atoms with E-state index in [0.717, 1.165) is 19.5 Å². The highest BCUT2D eigenvalue weighted by molar-refractivity contribution is 5.94. The summed E-state index contributed by atoms with van der Waals surface area (Å²) >= 11 is 0. The molecule has 0 aromatic rings. The number of hydrogen-bond acceptors (Lipinski definition) is 5. The largest absolute Gasteiger partial charge is 0.345 e. The Balaban J connectivity index is 3.05. The lowest BCUT2D eigenvalue weighted by atomic mass is 9.85. The van der Waals surface area contributed by atoms with E-state index in [1.165, 1.54) is 6.92 Å². The number of urea groups is 1. The second kappa shape index (κ2) is 14.6. The number of nitrogens with zero attached hydrogens (tertiary/aromatic N) is 2. The maximum Gasteiger partial charge on any atom is 0.315 e. The first-order valence-corrected chi connectivity index (χ1v) is 15.1. The summed E-state index contributed by atoms with van der Waals surface area (Å²) < 4.78 is 0. The lowest BCUT2D eigenvalue weighted by Crippen LogP contribution is -2.61. The van der Waals surface area contributed by atoms with Crippen LogP contribution in [0.3, 0.4) is 0 Å². The first-order valence-electron chi connectivity index (χ1n) is 15.1. The summed E-state index contributed by atoms with van der Waals surface area (Å²) in [4.78, 5) is 56.1. The van der Waals surface area contributed by atoms with E-state index in [1.54, 1.807) is 4.90 Å². The van der Waals surface area contributed by atoms with Gasteiger partial charge in [0.05, 0.1) is 6.04 Å². The summed E-state index contributed by atoms with van der Waals surface area (Å²) in [5.41, 5.74) is -0.551. The zero-order valence-electron chi connectivity index (χ0n) is 27.5. The Labute approximate surface area is 243 Å². The summed E-state index contributed by atoms with van der Waals surface area (Å²) in [6.45, 7) is 27.2. The van der Waals surface area contributed by atoms with Crippen molar-refractivity contribution in [3.05, 3.63) is 0 Å². The second-order valence-electron chi connectivity index (χ2n) is 14.8. The van der Waals surface area contributed by atoms with Crippen LogP contribution in [-0.2, 0) is 14.4 Å². The van der Waals surface area contributed by atoms with Gasteiger partial charge in [-0.3, -0.25) is 14.4 Å². The molecule has 3 N–H and O–H groups in total. The van der Waals surface area contributed by atoms with Crippen LogP contribution in [0.4, 0.5) is 4.79 Å². The molecule has 0 aromatic heterocycles. The normalized spacial score (nSPS) is 18.7. The van der Waals surface area contributed by atoms with Crippen LogP contribution >= 0.6 is 0 Å². The number of hydrogen-bond donors (Lipinski definition) is 3. The molecule has 232 valence electrons. The minimum Gasteiger partial charge on any atom is -0.345 e. The maximum atomic E-state index is 13.8. The molecule has 1 aliphatic rings. The molecule has 0 bridgehead atoms. The molecule has 4 amide bonds. The number of carbonyl (C=O) groups excluding carboxylic acids is 4. The van der Waals surface area contributed by atoms with Crippen molar-refractivity contribution >= 4 is 23.6 Å². The van der Waals surface area contributed by atoms with Crippen LogP contribution in [0, 0.1) is 16.2 Å². The Morgan fingerprint density at radius 1 is 0.900 bits per heavy atom. The average molecular weight is 566 g/mol. The quantitative estimate of drug-likeness (QED) is 0.326. The lowest BCUT2D eigenvalue weighted by Gasteiger charge is -2.38. The molecular formula is C31H59N5O4. The van der Waals surface area contributed by atoms with E-state index < -0.39 is 23.5 Å². The van der Waals surface area contributed by atoms with Crippen molar-refractivity contribution in [2.45, 2.75) is 133 Å². The molecule has 40 heavy (non-hydrogen) atoms. The molecule has 1 aliphatic heterocycles. The monoisotopic (exact) mass is 565 g/mol. The van der Waals surface area contributed by atoms with E-state index >= 15 is 0 Å². The Morgan fingerprint density at radius 2 is 1.50 bits per heavy atom. The van der Waals surface area contributed by atoms with Gasteiger partial charge in [-0.05, 0) is 61.9 Å². The molecule has 4 atom stereocenters. The van der Waals surface area contributed by atoms with E-state index in [-0.39, 0.29) is 40.5 Å². The molecule has 0 saturated carbocycles. The molecule has 1 rings (SSSR count). The van der Waals surface area contributed by atoms with Crippen molar-refractivity contribution in [1.82, 2.24) is 25.8 Å². The van der Waals surface area contributed by atoms with Crippen molar-refractivity contribution in [2.75, 3.05) is 26.2 Å². The molecule has 4 unspecified atom stereocenters. The van der Waals surface area contributed by atoms with Crippen molar-refractivity contribution in [3.8, 4) is 0 Å². The van der Waals surface area contributed by atoms with Gasteiger partial charge < -0.3 is 25.8 Å². The molecule has 0 spiro atoms. The molecule has 0 radical (unpaired) electrons. The Morgan fingerprint density at radius 3 is 1.95 bits per heavy atom. The Hall–Kier alpha value is -2.16. The zero-order chi connectivity index (χ0) is 31.1. The molecule has 0 aromatic carbocycles.